The molecule has 1 unspecified atom stereocenters. The standard InChI is InChI=1S/C15H30N2O2/c1-4-8-17(9-5-2)15(19)12-16-10-6-14(7-11-16)13(3)18/h13-14,18H,4-12H2,1-3H3. The number of likely N-dealkylation sites (tertiary alicyclic amines) is 1. The molecule has 0 spiro atoms. The number of piperidine rings is 1. The number of carbonyl (C=O) groups is 1. The quantitative estimate of drug-likeness (QED) is 0.766. The predicted molar refractivity (Wildman–Crippen MR) is 78.0 cm³/mol. The summed E-state index contributed by atoms with van der Waals surface area (Å²) in [6, 6.07) is 0. The zero-order valence-corrected chi connectivity index (χ0v) is 12.8. The van der Waals surface area contributed by atoms with E-state index in [4.69, 9.17) is 0 Å². The predicted octanol–water partition coefficient (Wildman–Crippen LogP) is 1.73. The maximum Gasteiger partial charge on any atom is 0.236 e. The highest BCUT2D eigenvalue weighted by Gasteiger charge is 2.24. The number of rotatable bonds is 7. The van der Waals surface area contributed by atoms with Crippen LogP contribution in [0.15, 0.2) is 0 Å². The molecule has 0 aromatic heterocycles. The molecule has 112 valence electrons. The van der Waals surface area contributed by atoms with Crippen molar-refractivity contribution in [2.45, 2.75) is 52.6 Å². The zero-order valence-electron chi connectivity index (χ0n) is 12.8. The molecule has 1 aliphatic rings. The Kier molecular flexibility index (Phi) is 7.39. The topological polar surface area (TPSA) is 43.8 Å². The van der Waals surface area contributed by atoms with Crippen LogP contribution in [0.4, 0.5) is 0 Å². The van der Waals surface area contributed by atoms with Crippen LogP contribution in [-0.4, -0.2) is 59.6 Å². The molecular formula is C15H30N2O2. The number of carbonyl (C=O) groups excluding carboxylic acids is 1. The SMILES string of the molecule is CCCN(CCC)C(=O)CN1CCC(C(C)O)CC1. The van der Waals surface area contributed by atoms with Crippen molar-refractivity contribution in [2.75, 3.05) is 32.7 Å². The smallest absolute Gasteiger partial charge is 0.236 e. The van der Waals surface area contributed by atoms with E-state index in [2.05, 4.69) is 18.7 Å². The summed E-state index contributed by atoms with van der Waals surface area (Å²) in [5.41, 5.74) is 0. The average molecular weight is 270 g/mol. The van der Waals surface area contributed by atoms with Gasteiger partial charge in [0.25, 0.3) is 0 Å². The van der Waals surface area contributed by atoms with E-state index in [1.54, 1.807) is 0 Å². The molecule has 0 bridgehead atoms. The second kappa shape index (κ2) is 8.54. The summed E-state index contributed by atoms with van der Waals surface area (Å²) in [6.07, 6.45) is 3.85. The lowest BCUT2D eigenvalue weighted by Crippen LogP contribution is -2.44. The Labute approximate surface area is 117 Å². The Bertz CT molecular complexity index is 255. The van der Waals surface area contributed by atoms with E-state index in [1.165, 1.54) is 0 Å². The van der Waals surface area contributed by atoms with Crippen molar-refractivity contribution >= 4 is 5.91 Å². The third-order valence-corrected chi connectivity index (χ3v) is 4.01. The first kappa shape index (κ1) is 16.4. The number of amides is 1. The first-order chi connectivity index (χ1) is 9.08. The molecule has 4 heteroatoms. The molecule has 1 heterocycles. The van der Waals surface area contributed by atoms with Crippen LogP contribution in [-0.2, 0) is 4.79 Å². The van der Waals surface area contributed by atoms with Gasteiger partial charge in [-0.15, -0.1) is 0 Å². The normalized spacial score (nSPS) is 19.4. The summed E-state index contributed by atoms with van der Waals surface area (Å²) in [4.78, 5) is 16.5. The van der Waals surface area contributed by atoms with Gasteiger partial charge in [0.15, 0.2) is 0 Å². The minimum Gasteiger partial charge on any atom is -0.393 e. The molecule has 1 N–H and O–H groups in total. The Morgan fingerprint density at radius 3 is 2.21 bits per heavy atom. The van der Waals surface area contributed by atoms with E-state index in [1.807, 2.05) is 11.8 Å². The second-order valence-corrected chi connectivity index (χ2v) is 5.73. The molecule has 0 saturated carbocycles. The number of aliphatic hydroxyl groups excluding tert-OH is 1. The summed E-state index contributed by atoms with van der Waals surface area (Å²) in [5, 5.41) is 9.58. The Morgan fingerprint density at radius 1 is 1.26 bits per heavy atom. The van der Waals surface area contributed by atoms with Crippen molar-refractivity contribution in [3.63, 3.8) is 0 Å². The molecule has 1 atom stereocenters. The molecule has 0 aromatic rings. The average Bonchev–Trinajstić information content (AvgIpc) is 2.39. The maximum atomic E-state index is 12.2. The van der Waals surface area contributed by atoms with Gasteiger partial charge in [0.2, 0.25) is 5.91 Å². The van der Waals surface area contributed by atoms with Crippen LogP contribution in [0.2, 0.25) is 0 Å². The number of hydrogen-bond acceptors (Lipinski definition) is 3. The Balaban J connectivity index is 2.36. The van der Waals surface area contributed by atoms with Crippen molar-refractivity contribution in [1.29, 1.82) is 0 Å². The van der Waals surface area contributed by atoms with E-state index in [9.17, 15) is 9.90 Å². The summed E-state index contributed by atoms with van der Waals surface area (Å²) in [5.74, 6) is 0.674. The minimum absolute atomic E-state index is 0.213. The first-order valence-corrected chi connectivity index (χ1v) is 7.76. The van der Waals surface area contributed by atoms with Crippen molar-refractivity contribution < 1.29 is 9.90 Å². The van der Waals surface area contributed by atoms with Crippen LogP contribution in [0, 0.1) is 5.92 Å². The van der Waals surface area contributed by atoms with Gasteiger partial charge in [-0.05, 0) is 51.6 Å². The lowest BCUT2D eigenvalue weighted by molar-refractivity contribution is -0.133. The molecule has 1 aliphatic heterocycles. The van der Waals surface area contributed by atoms with Crippen LogP contribution in [0.3, 0.4) is 0 Å². The Hall–Kier alpha value is -0.610. The maximum absolute atomic E-state index is 12.2. The van der Waals surface area contributed by atoms with Gasteiger partial charge in [0.1, 0.15) is 0 Å². The molecular weight excluding hydrogens is 240 g/mol. The van der Waals surface area contributed by atoms with Crippen molar-refractivity contribution in [3.05, 3.63) is 0 Å². The van der Waals surface area contributed by atoms with Gasteiger partial charge in [-0.3, -0.25) is 9.69 Å². The fourth-order valence-electron chi connectivity index (χ4n) is 2.79. The van der Waals surface area contributed by atoms with Gasteiger partial charge < -0.3 is 10.0 Å². The molecule has 19 heavy (non-hydrogen) atoms. The summed E-state index contributed by atoms with van der Waals surface area (Å²) in [7, 11) is 0. The number of aliphatic hydroxyl groups is 1. The summed E-state index contributed by atoms with van der Waals surface area (Å²) < 4.78 is 0. The highest BCUT2D eigenvalue weighted by atomic mass is 16.3. The molecule has 4 nitrogen and oxygen atoms in total. The third-order valence-electron chi connectivity index (χ3n) is 4.01. The summed E-state index contributed by atoms with van der Waals surface area (Å²) in [6.45, 7) is 10.3. The molecule has 0 aromatic carbocycles. The number of hydrogen-bond donors (Lipinski definition) is 1. The second-order valence-electron chi connectivity index (χ2n) is 5.73. The van der Waals surface area contributed by atoms with Crippen molar-refractivity contribution in [2.24, 2.45) is 5.92 Å². The largest absolute Gasteiger partial charge is 0.393 e. The highest BCUT2D eigenvalue weighted by Crippen LogP contribution is 2.20. The fraction of sp³-hybridized carbons (Fsp3) is 0.933. The van der Waals surface area contributed by atoms with Crippen LogP contribution in [0.1, 0.15) is 46.5 Å². The summed E-state index contributed by atoms with van der Waals surface area (Å²) >= 11 is 0. The van der Waals surface area contributed by atoms with E-state index >= 15 is 0 Å². The fourth-order valence-corrected chi connectivity index (χ4v) is 2.79. The highest BCUT2D eigenvalue weighted by molar-refractivity contribution is 5.78. The molecule has 0 aliphatic carbocycles. The molecule has 1 saturated heterocycles. The molecule has 0 radical (unpaired) electrons. The third kappa shape index (κ3) is 5.49. The van der Waals surface area contributed by atoms with Gasteiger partial charge in [-0.25, -0.2) is 0 Å². The lowest BCUT2D eigenvalue weighted by atomic mass is 9.92. The molecule has 1 amide bonds. The lowest BCUT2D eigenvalue weighted by Gasteiger charge is -2.34. The molecule has 1 rings (SSSR count). The van der Waals surface area contributed by atoms with E-state index < -0.39 is 0 Å². The van der Waals surface area contributed by atoms with Crippen LogP contribution < -0.4 is 0 Å². The number of nitrogens with zero attached hydrogens (tertiary/aromatic N) is 2. The first-order valence-electron chi connectivity index (χ1n) is 7.76. The molecule has 1 fully saturated rings. The van der Waals surface area contributed by atoms with E-state index in [-0.39, 0.29) is 12.0 Å². The van der Waals surface area contributed by atoms with Gasteiger partial charge >= 0.3 is 0 Å². The van der Waals surface area contributed by atoms with Crippen LogP contribution >= 0.6 is 0 Å². The van der Waals surface area contributed by atoms with E-state index in [0.717, 1.165) is 51.9 Å². The minimum atomic E-state index is -0.213. The van der Waals surface area contributed by atoms with Gasteiger partial charge in [0, 0.05) is 13.1 Å². The monoisotopic (exact) mass is 270 g/mol. The van der Waals surface area contributed by atoms with Gasteiger partial charge in [0.05, 0.1) is 12.6 Å². The Morgan fingerprint density at radius 2 is 1.79 bits per heavy atom. The van der Waals surface area contributed by atoms with E-state index in [0.29, 0.717) is 12.5 Å². The van der Waals surface area contributed by atoms with Crippen molar-refractivity contribution in [3.8, 4) is 0 Å². The zero-order chi connectivity index (χ0) is 14.3. The van der Waals surface area contributed by atoms with Crippen LogP contribution in [0.5, 0.6) is 0 Å². The van der Waals surface area contributed by atoms with Gasteiger partial charge in [-0.2, -0.15) is 0 Å². The van der Waals surface area contributed by atoms with Crippen LogP contribution in [0.25, 0.3) is 0 Å². The van der Waals surface area contributed by atoms with Gasteiger partial charge in [-0.1, -0.05) is 13.8 Å². The van der Waals surface area contributed by atoms with Crippen molar-refractivity contribution in [1.82, 2.24) is 9.80 Å².